The highest BCUT2D eigenvalue weighted by Gasteiger charge is 2.42. The van der Waals surface area contributed by atoms with Crippen molar-refractivity contribution < 1.29 is 24.2 Å². The lowest BCUT2D eigenvalue weighted by atomic mass is 9.91. The summed E-state index contributed by atoms with van der Waals surface area (Å²) in [5.74, 6) is -2.25. The minimum Gasteiger partial charge on any atom is -0.479 e. The minimum absolute atomic E-state index is 0.105. The van der Waals surface area contributed by atoms with E-state index in [0.717, 1.165) is 16.7 Å². The van der Waals surface area contributed by atoms with Crippen LogP contribution in [0.1, 0.15) is 35.6 Å². The van der Waals surface area contributed by atoms with Gasteiger partial charge in [-0.2, -0.15) is 0 Å². The number of carbonyl (C=O) groups is 3. The fourth-order valence-electron chi connectivity index (χ4n) is 3.56. The largest absolute Gasteiger partial charge is 0.479 e. The van der Waals surface area contributed by atoms with E-state index in [4.69, 9.17) is 10.5 Å². The smallest absolute Gasteiger partial charge is 0.407 e. The predicted octanol–water partition coefficient (Wildman–Crippen LogP) is 3.38. The number of aliphatic carboxylic acids is 1. The first-order valence-corrected chi connectivity index (χ1v) is 11.3. The zero-order valence-corrected chi connectivity index (χ0v) is 19.2. The summed E-state index contributed by atoms with van der Waals surface area (Å²) >= 11 is 0. The Hall–Kier alpha value is -4.17. The average Bonchev–Trinajstić information content (AvgIpc) is 2.89. The Bertz CT molecular complexity index is 1070. The average molecular weight is 476 g/mol. The molecular formula is C27H29N3O5. The number of carboxylic acid groups (broad SMARTS) is 1. The van der Waals surface area contributed by atoms with E-state index >= 15 is 0 Å². The predicted molar refractivity (Wildman–Crippen MR) is 131 cm³/mol. The third-order valence-electron chi connectivity index (χ3n) is 5.56. The van der Waals surface area contributed by atoms with Gasteiger partial charge in [-0.05, 0) is 29.5 Å². The maximum Gasteiger partial charge on any atom is 0.407 e. The molecule has 0 aliphatic carbocycles. The van der Waals surface area contributed by atoms with Crippen molar-refractivity contribution in [2.75, 3.05) is 6.54 Å². The molecule has 0 aromatic heterocycles. The molecule has 8 heteroatoms. The first-order valence-electron chi connectivity index (χ1n) is 11.3. The lowest BCUT2D eigenvalue weighted by Gasteiger charge is -2.28. The van der Waals surface area contributed by atoms with Gasteiger partial charge < -0.3 is 26.2 Å². The number of benzene rings is 3. The van der Waals surface area contributed by atoms with Crippen molar-refractivity contribution in [2.45, 2.75) is 31.0 Å². The van der Waals surface area contributed by atoms with Crippen LogP contribution in [0.3, 0.4) is 0 Å². The lowest BCUT2D eigenvalue weighted by Crippen LogP contribution is -2.60. The molecule has 8 nitrogen and oxygen atoms in total. The van der Waals surface area contributed by atoms with Gasteiger partial charge in [0, 0.05) is 6.54 Å². The molecule has 0 heterocycles. The van der Waals surface area contributed by atoms with Crippen LogP contribution in [0.15, 0.2) is 91.0 Å². The molecule has 0 aliphatic heterocycles. The molecule has 0 saturated heterocycles. The van der Waals surface area contributed by atoms with Gasteiger partial charge in [0.1, 0.15) is 6.61 Å². The molecule has 0 unspecified atom stereocenters. The molecule has 0 aliphatic rings. The molecule has 0 spiro atoms. The molecule has 0 bridgehead atoms. The standard InChI is InChI=1S/C27H29N3O5/c28-27(25(32)33,17-10-18-29-26(34)35-19-20-11-4-1-5-12-20)24(31)30-23(21-13-6-2-7-14-21)22-15-8-3-9-16-22/h1-9,11-16,23H,10,17-19,28H2,(H,29,34)(H,30,31)(H,32,33)/t27-/m1/s1. The normalized spacial score (nSPS) is 12.4. The van der Waals surface area contributed by atoms with Gasteiger partial charge in [-0.15, -0.1) is 0 Å². The highest BCUT2D eigenvalue weighted by molar-refractivity contribution is 6.06. The Morgan fingerprint density at radius 2 is 1.37 bits per heavy atom. The second kappa shape index (κ2) is 12.3. The molecule has 182 valence electrons. The molecule has 3 rings (SSSR count). The monoisotopic (exact) mass is 475 g/mol. The Kier molecular flexibility index (Phi) is 8.97. The van der Waals surface area contributed by atoms with Crippen LogP contribution in [0.5, 0.6) is 0 Å². The van der Waals surface area contributed by atoms with E-state index < -0.39 is 29.6 Å². The van der Waals surface area contributed by atoms with Crippen molar-refractivity contribution in [3.05, 3.63) is 108 Å². The van der Waals surface area contributed by atoms with Crippen LogP contribution in [-0.4, -0.2) is 35.2 Å². The van der Waals surface area contributed by atoms with Crippen LogP contribution in [-0.2, 0) is 20.9 Å². The Morgan fingerprint density at radius 3 is 1.89 bits per heavy atom. The summed E-state index contributed by atoms with van der Waals surface area (Å²) in [6, 6.07) is 27.1. The number of carboxylic acids is 1. The summed E-state index contributed by atoms with van der Waals surface area (Å²) in [6.07, 6.45) is -0.647. The van der Waals surface area contributed by atoms with E-state index in [0.29, 0.717) is 0 Å². The lowest BCUT2D eigenvalue weighted by molar-refractivity contribution is -0.149. The van der Waals surface area contributed by atoms with Gasteiger partial charge >= 0.3 is 12.1 Å². The highest BCUT2D eigenvalue weighted by Crippen LogP contribution is 2.23. The number of alkyl carbamates (subject to hydrolysis) is 1. The quantitative estimate of drug-likeness (QED) is 0.248. The van der Waals surface area contributed by atoms with Crippen molar-refractivity contribution in [1.82, 2.24) is 10.6 Å². The van der Waals surface area contributed by atoms with E-state index in [1.54, 1.807) is 0 Å². The molecule has 0 fully saturated rings. The molecule has 35 heavy (non-hydrogen) atoms. The molecule has 3 aromatic rings. The SMILES string of the molecule is N[C@@](CCCNC(=O)OCc1ccccc1)(C(=O)O)C(=O)NC(c1ccccc1)c1ccccc1. The fourth-order valence-corrected chi connectivity index (χ4v) is 3.56. The van der Waals surface area contributed by atoms with Crippen LogP contribution in [0.2, 0.25) is 0 Å². The molecule has 3 aromatic carbocycles. The van der Waals surface area contributed by atoms with Crippen molar-refractivity contribution in [3.63, 3.8) is 0 Å². The first-order chi connectivity index (χ1) is 16.9. The van der Waals surface area contributed by atoms with Crippen LogP contribution in [0.4, 0.5) is 4.79 Å². The number of hydrogen-bond donors (Lipinski definition) is 4. The number of carbonyl (C=O) groups excluding carboxylic acids is 2. The molecule has 0 radical (unpaired) electrons. The zero-order valence-electron chi connectivity index (χ0n) is 19.2. The Balaban J connectivity index is 1.59. The topological polar surface area (TPSA) is 131 Å². The summed E-state index contributed by atoms with van der Waals surface area (Å²) in [6.45, 7) is 0.222. The Labute approximate surface area is 204 Å². The second-order valence-electron chi connectivity index (χ2n) is 8.10. The summed E-state index contributed by atoms with van der Waals surface area (Å²) in [4.78, 5) is 37.0. The highest BCUT2D eigenvalue weighted by atomic mass is 16.5. The zero-order chi connectivity index (χ0) is 25.1. The van der Waals surface area contributed by atoms with Crippen LogP contribution >= 0.6 is 0 Å². The maximum atomic E-state index is 13.1. The van der Waals surface area contributed by atoms with Crippen molar-refractivity contribution in [2.24, 2.45) is 5.73 Å². The number of rotatable bonds is 11. The van der Waals surface area contributed by atoms with E-state index in [2.05, 4.69) is 10.6 Å². The van der Waals surface area contributed by atoms with Crippen LogP contribution < -0.4 is 16.4 Å². The summed E-state index contributed by atoms with van der Waals surface area (Å²) in [5, 5.41) is 15.1. The molecule has 5 N–H and O–H groups in total. The molecule has 2 amide bonds. The minimum atomic E-state index is -2.17. The fraction of sp³-hybridized carbons (Fsp3) is 0.222. The van der Waals surface area contributed by atoms with E-state index in [1.165, 1.54) is 0 Å². The van der Waals surface area contributed by atoms with E-state index in [-0.39, 0.29) is 26.0 Å². The summed E-state index contributed by atoms with van der Waals surface area (Å²) < 4.78 is 5.13. The number of ether oxygens (including phenoxy) is 1. The summed E-state index contributed by atoms with van der Waals surface area (Å²) in [7, 11) is 0. The molecular weight excluding hydrogens is 446 g/mol. The van der Waals surface area contributed by atoms with Crippen LogP contribution in [0, 0.1) is 0 Å². The van der Waals surface area contributed by atoms with Gasteiger partial charge in [0.15, 0.2) is 5.54 Å². The maximum absolute atomic E-state index is 13.1. The molecule has 0 saturated carbocycles. The van der Waals surface area contributed by atoms with Crippen LogP contribution in [0.25, 0.3) is 0 Å². The second-order valence-corrected chi connectivity index (χ2v) is 8.10. The number of amides is 2. The number of nitrogens with one attached hydrogen (secondary N) is 2. The van der Waals surface area contributed by atoms with Crippen molar-refractivity contribution >= 4 is 18.0 Å². The van der Waals surface area contributed by atoms with Gasteiger partial charge in [0.2, 0.25) is 0 Å². The summed E-state index contributed by atoms with van der Waals surface area (Å²) in [5.41, 5.74) is 6.35. The molecule has 1 atom stereocenters. The van der Waals surface area contributed by atoms with Crippen molar-refractivity contribution in [3.8, 4) is 0 Å². The first kappa shape index (κ1) is 25.5. The number of nitrogens with two attached hydrogens (primary N) is 1. The van der Waals surface area contributed by atoms with Crippen molar-refractivity contribution in [1.29, 1.82) is 0 Å². The van der Waals surface area contributed by atoms with E-state index in [1.807, 2.05) is 91.0 Å². The van der Waals surface area contributed by atoms with Gasteiger partial charge in [0.05, 0.1) is 6.04 Å². The van der Waals surface area contributed by atoms with Gasteiger partial charge in [-0.3, -0.25) is 4.79 Å². The van der Waals surface area contributed by atoms with E-state index in [9.17, 15) is 19.5 Å². The Morgan fingerprint density at radius 1 is 0.857 bits per heavy atom. The third kappa shape index (κ3) is 7.15. The van der Waals surface area contributed by atoms with Gasteiger partial charge in [-0.1, -0.05) is 91.0 Å². The number of hydrogen-bond acceptors (Lipinski definition) is 5. The van der Waals surface area contributed by atoms with Gasteiger partial charge in [0.25, 0.3) is 5.91 Å². The third-order valence-corrected chi connectivity index (χ3v) is 5.56. The van der Waals surface area contributed by atoms with Gasteiger partial charge in [-0.25, -0.2) is 9.59 Å².